The average Bonchev–Trinajstić information content (AvgIpc) is 2.92. The molecule has 0 unspecified atom stereocenters. The molecule has 3 aromatic rings. The van der Waals surface area contributed by atoms with Crippen LogP contribution in [-0.2, 0) is 0 Å². The van der Waals surface area contributed by atoms with Crippen LogP contribution in [0.2, 0.25) is 0 Å². The van der Waals surface area contributed by atoms with E-state index in [9.17, 15) is 13.6 Å². The number of fused-ring (bicyclic) bond motifs is 1. The minimum Gasteiger partial charge on any atom is -0.433 e. The number of nitrogens with one attached hydrogen (secondary N) is 2. The third-order valence-corrected chi connectivity index (χ3v) is 6.88. The van der Waals surface area contributed by atoms with Gasteiger partial charge in [0.15, 0.2) is 0 Å². The Kier molecular flexibility index (Phi) is 8.54. The Balaban J connectivity index is 1.60. The molecule has 0 radical (unpaired) electrons. The quantitative estimate of drug-likeness (QED) is 0.358. The number of anilines is 1. The van der Waals surface area contributed by atoms with Crippen LogP contribution in [-0.4, -0.2) is 55.1 Å². The highest BCUT2D eigenvalue weighted by Gasteiger charge is 2.24. The van der Waals surface area contributed by atoms with Crippen molar-refractivity contribution in [3.8, 4) is 23.1 Å². The molecule has 0 aliphatic heterocycles. The summed E-state index contributed by atoms with van der Waals surface area (Å²) in [5.74, 6) is -0.258. The standard InChI is InChI=1S/C29H31F2N5O2/c1-18(16-32)17-33-27-23-15-20(8-7-19(23)9-14-26(27)38-29(30)31)24-5-4-6-25(35-24)28(37)34-21-10-12-22(13-11-21)36(2)3/h4-9,14-15,21-22,29,33H,1,10-13,17H2,2-3H3,(H,34,37). The lowest BCUT2D eigenvalue weighted by atomic mass is 9.90. The highest BCUT2D eigenvalue weighted by molar-refractivity contribution is 5.99. The minimum atomic E-state index is -3.01. The molecule has 1 heterocycles. The van der Waals surface area contributed by atoms with Gasteiger partial charge in [-0.15, -0.1) is 0 Å². The van der Waals surface area contributed by atoms with Crippen molar-refractivity contribution in [3.05, 3.63) is 66.4 Å². The molecule has 9 heteroatoms. The van der Waals surface area contributed by atoms with Gasteiger partial charge >= 0.3 is 6.61 Å². The fourth-order valence-corrected chi connectivity index (χ4v) is 4.79. The van der Waals surface area contributed by atoms with Crippen molar-refractivity contribution in [2.75, 3.05) is 26.0 Å². The number of nitriles is 1. The lowest BCUT2D eigenvalue weighted by Crippen LogP contribution is -2.42. The number of carbonyl (C=O) groups is 1. The van der Waals surface area contributed by atoms with Gasteiger partial charge in [-0.1, -0.05) is 30.8 Å². The Morgan fingerprint density at radius 3 is 2.61 bits per heavy atom. The van der Waals surface area contributed by atoms with Crippen molar-refractivity contribution in [1.29, 1.82) is 5.26 Å². The van der Waals surface area contributed by atoms with Crippen molar-refractivity contribution in [2.24, 2.45) is 0 Å². The molecule has 4 rings (SSSR count). The molecule has 7 nitrogen and oxygen atoms in total. The minimum absolute atomic E-state index is 0.0412. The van der Waals surface area contributed by atoms with Crippen LogP contribution < -0.4 is 15.4 Å². The summed E-state index contributed by atoms with van der Waals surface area (Å²) in [5, 5.41) is 16.6. The van der Waals surface area contributed by atoms with Gasteiger partial charge in [0, 0.05) is 35.2 Å². The van der Waals surface area contributed by atoms with Crippen LogP contribution >= 0.6 is 0 Å². The molecule has 1 aromatic heterocycles. The fraction of sp³-hybridized carbons (Fsp3) is 0.345. The van der Waals surface area contributed by atoms with Gasteiger partial charge in [-0.2, -0.15) is 14.0 Å². The van der Waals surface area contributed by atoms with Gasteiger partial charge in [0.05, 0.1) is 17.5 Å². The summed E-state index contributed by atoms with van der Waals surface area (Å²) < 4.78 is 30.9. The molecule has 2 aromatic carbocycles. The second-order valence-electron chi connectivity index (χ2n) is 9.67. The number of benzene rings is 2. The SMILES string of the molecule is C=C(C#N)CNc1c(OC(F)F)ccc2ccc(-c3cccc(C(=O)NC4CCC(N(C)C)CC4)n3)cc12. The molecule has 1 aliphatic rings. The number of aromatic nitrogens is 1. The number of pyridine rings is 1. The molecule has 1 aliphatic carbocycles. The molecule has 2 N–H and O–H groups in total. The highest BCUT2D eigenvalue weighted by atomic mass is 19.3. The molecule has 0 saturated heterocycles. The van der Waals surface area contributed by atoms with Gasteiger partial charge in [0.1, 0.15) is 11.4 Å². The number of ether oxygens (including phenoxy) is 1. The summed E-state index contributed by atoms with van der Waals surface area (Å²) in [5.41, 5.74) is 2.16. The summed E-state index contributed by atoms with van der Waals surface area (Å²) in [6.07, 6.45) is 3.93. The summed E-state index contributed by atoms with van der Waals surface area (Å²) in [6, 6.07) is 16.5. The van der Waals surface area contributed by atoms with E-state index < -0.39 is 6.61 Å². The van der Waals surface area contributed by atoms with Crippen LogP contribution in [0.25, 0.3) is 22.0 Å². The Labute approximate surface area is 221 Å². The summed E-state index contributed by atoms with van der Waals surface area (Å²) in [7, 11) is 4.17. The van der Waals surface area contributed by atoms with Crippen molar-refractivity contribution < 1.29 is 18.3 Å². The predicted molar refractivity (Wildman–Crippen MR) is 144 cm³/mol. The third kappa shape index (κ3) is 6.45. The number of nitrogens with zero attached hydrogens (tertiary/aromatic N) is 3. The zero-order valence-corrected chi connectivity index (χ0v) is 21.5. The predicted octanol–water partition coefficient (Wildman–Crippen LogP) is 5.60. The lowest BCUT2D eigenvalue weighted by molar-refractivity contribution is -0.0492. The maximum absolute atomic E-state index is 13.1. The number of rotatable bonds is 9. The van der Waals surface area contributed by atoms with E-state index in [0.717, 1.165) is 31.1 Å². The second kappa shape index (κ2) is 12.0. The first-order chi connectivity index (χ1) is 18.2. The first-order valence-electron chi connectivity index (χ1n) is 12.5. The Bertz CT molecular complexity index is 1360. The van der Waals surface area contributed by atoms with E-state index in [1.54, 1.807) is 30.3 Å². The number of amides is 1. The maximum atomic E-state index is 13.1. The van der Waals surface area contributed by atoms with Gasteiger partial charge in [-0.3, -0.25) is 4.79 Å². The second-order valence-corrected chi connectivity index (χ2v) is 9.67. The van der Waals surface area contributed by atoms with Crippen LogP contribution in [0.4, 0.5) is 14.5 Å². The van der Waals surface area contributed by atoms with Crippen LogP contribution in [0, 0.1) is 11.3 Å². The van der Waals surface area contributed by atoms with E-state index in [0.29, 0.717) is 34.1 Å². The van der Waals surface area contributed by atoms with Gasteiger partial charge in [0.2, 0.25) is 0 Å². The molecule has 1 amide bonds. The normalized spacial score (nSPS) is 17.3. The zero-order chi connectivity index (χ0) is 27.2. The molecule has 38 heavy (non-hydrogen) atoms. The van der Waals surface area contributed by atoms with Gasteiger partial charge in [-0.05, 0) is 69.4 Å². The van der Waals surface area contributed by atoms with Gasteiger partial charge in [-0.25, -0.2) is 4.98 Å². The summed E-state index contributed by atoms with van der Waals surface area (Å²) >= 11 is 0. The van der Waals surface area contributed by atoms with E-state index in [4.69, 9.17) is 10.00 Å². The monoisotopic (exact) mass is 519 g/mol. The molecule has 0 spiro atoms. The molecular weight excluding hydrogens is 488 g/mol. The van der Waals surface area contributed by atoms with E-state index >= 15 is 0 Å². The van der Waals surface area contributed by atoms with E-state index in [-0.39, 0.29) is 29.8 Å². The maximum Gasteiger partial charge on any atom is 0.387 e. The topological polar surface area (TPSA) is 90.3 Å². The van der Waals surface area contributed by atoms with Crippen molar-refractivity contribution >= 4 is 22.4 Å². The smallest absolute Gasteiger partial charge is 0.387 e. The van der Waals surface area contributed by atoms with E-state index in [2.05, 4.69) is 41.2 Å². The first kappa shape index (κ1) is 27.0. The summed E-state index contributed by atoms with van der Waals surface area (Å²) in [4.78, 5) is 19.8. The molecule has 1 saturated carbocycles. The lowest BCUT2D eigenvalue weighted by Gasteiger charge is -2.32. The largest absolute Gasteiger partial charge is 0.433 e. The molecular formula is C29H31F2N5O2. The average molecular weight is 520 g/mol. The Morgan fingerprint density at radius 1 is 1.18 bits per heavy atom. The summed E-state index contributed by atoms with van der Waals surface area (Å²) in [6.45, 7) is 0.705. The van der Waals surface area contributed by atoms with Crippen molar-refractivity contribution in [3.63, 3.8) is 0 Å². The Hall–Kier alpha value is -4.03. The number of alkyl halides is 2. The third-order valence-electron chi connectivity index (χ3n) is 6.88. The molecule has 0 atom stereocenters. The van der Waals surface area contributed by atoms with Crippen molar-refractivity contribution in [1.82, 2.24) is 15.2 Å². The number of hydrogen-bond acceptors (Lipinski definition) is 6. The Morgan fingerprint density at radius 2 is 1.92 bits per heavy atom. The number of hydrogen-bond donors (Lipinski definition) is 2. The van der Waals surface area contributed by atoms with Crippen LogP contribution in [0.3, 0.4) is 0 Å². The fourth-order valence-electron chi connectivity index (χ4n) is 4.79. The van der Waals surface area contributed by atoms with Crippen molar-refractivity contribution in [2.45, 2.75) is 44.4 Å². The number of carbonyl (C=O) groups excluding carboxylic acids is 1. The van der Waals surface area contributed by atoms with Crippen LogP contribution in [0.15, 0.2) is 60.7 Å². The van der Waals surface area contributed by atoms with Crippen LogP contribution in [0.1, 0.15) is 36.2 Å². The van der Waals surface area contributed by atoms with Crippen LogP contribution in [0.5, 0.6) is 5.75 Å². The molecule has 198 valence electrons. The molecule has 0 bridgehead atoms. The number of halogens is 2. The van der Waals surface area contributed by atoms with Gasteiger partial charge in [0.25, 0.3) is 5.91 Å². The molecule has 1 fully saturated rings. The van der Waals surface area contributed by atoms with E-state index in [1.165, 1.54) is 6.07 Å². The van der Waals surface area contributed by atoms with E-state index in [1.807, 2.05) is 18.2 Å². The van der Waals surface area contributed by atoms with Gasteiger partial charge < -0.3 is 20.3 Å². The highest BCUT2D eigenvalue weighted by Crippen LogP contribution is 2.36. The zero-order valence-electron chi connectivity index (χ0n) is 21.5. The first-order valence-corrected chi connectivity index (χ1v) is 12.5.